The maximum Gasteiger partial charge on any atom is 0.303 e. The number of carbonyl (C=O) groups is 2. The Kier molecular flexibility index (Phi) is 10.5. The van der Waals surface area contributed by atoms with Gasteiger partial charge in [0.05, 0.1) is 30.5 Å². The van der Waals surface area contributed by atoms with Gasteiger partial charge >= 0.3 is 10.2 Å². The Bertz CT molecular complexity index is 2370. The quantitative estimate of drug-likeness (QED) is 0.145. The van der Waals surface area contributed by atoms with Crippen molar-refractivity contribution in [1.82, 2.24) is 28.3 Å². The number of piperidine rings is 1. The summed E-state index contributed by atoms with van der Waals surface area (Å²) in [4.78, 5) is 30.2. The molecule has 2 aliphatic carbocycles. The van der Waals surface area contributed by atoms with Crippen molar-refractivity contribution < 1.29 is 22.7 Å². The topological polar surface area (TPSA) is 119 Å². The second kappa shape index (κ2) is 15.4. The zero-order valence-corrected chi connectivity index (χ0v) is 33.8. The Hall–Kier alpha value is -4.65. The third-order valence-corrected chi connectivity index (χ3v) is 13.9. The lowest BCUT2D eigenvalue weighted by Crippen LogP contribution is -2.44. The van der Waals surface area contributed by atoms with E-state index in [1.165, 1.54) is 26.1 Å². The zero-order valence-electron chi connectivity index (χ0n) is 32.2. The van der Waals surface area contributed by atoms with Crippen LogP contribution in [0.25, 0.3) is 33.3 Å². The molecule has 0 atom stereocenters. The molecule has 3 aromatic carbocycles. The molecule has 0 spiro atoms. The predicted molar refractivity (Wildman–Crippen MR) is 219 cm³/mol. The number of aromatic nitrogens is 3. The smallest absolute Gasteiger partial charge is 0.303 e. The third kappa shape index (κ3) is 7.34. The fourth-order valence-corrected chi connectivity index (χ4v) is 9.53. The Balaban J connectivity index is 1.13. The van der Waals surface area contributed by atoms with Crippen LogP contribution < -0.4 is 9.46 Å². The SMILES string of the molecule is COc1ccc(-c2c(C3CCCCC3)c3ccc(C(=O)NS(=O)(=O)N(C)C)cc3n2CC2(C(=O)N3CCC(n4cc(-c5ccccc5Cl)cn4)CC3)CC2)cc1. The molecule has 56 heavy (non-hydrogen) atoms. The molecule has 8 rings (SSSR count). The first kappa shape index (κ1) is 38.2. The molecule has 5 aromatic rings. The van der Waals surface area contributed by atoms with Gasteiger partial charge in [-0.2, -0.15) is 17.8 Å². The zero-order chi connectivity index (χ0) is 39.2. The maximum atomic E-state index is 14.7. The van der Waals surface area contributed by atoms with E-state index in [9.17, 15) is 18.0 Å². The van der Waals surface area contributed by atoms with Crippen molar-refractivity contribution >= 4 is 44.5 Å². The van der Waals surface area contributed by atoms with Crippen LogP contribution in [-0.4, -0.2) is 78.1 Å². The highest BCUT2D eigenvalue weighted by Crippen LogP contribution is 2.52. The van der Waals surface area contributed by atoms with E-state index in [4.69, 9.17) is 16.3 Å². The number of likely N-dealkylation sites (tertiary alicyclic amines) is 1. The molecule has 11 nitrogen and oxygen atoms in total. The van der Waals surface area contributed by atoms with E-state index in [1.54, 1.807) is 13.2 Å². The summed E-state index contributed by atoms with van der Waals surface area (Å²) in [5.74, 6) is 0.531. The highest BCUT2D eigenvalue weighted by Gasteiger charge is 2.53. The Morgan fingerprint density at radius 3 is 2.32 bits per heavy atom. The van der Waals surface area contributed by atoms with Crippen LogP contribution in [0.3, 0.4) is 0 Å². The van der Waals surface area contributed by atoms with Crippen molar-refractivity contribution in [2.24, 2.45) is 5.41 Å². The molecule has 1 saturated heterocycles. The lowest BCUT2D eigenvalue weighted by Gasteiger charge is -2.35. The average Bonchev–Trinajstić information content (AvgIpc) is 3.71. The number of halogens is 1. The largest absolute Gasteiger partial charge is 0.497 e. The number of hydrogen-bond acceptors (Lipinski definition) is 6. The lowest BCUT2D eigenvalue weighted by molar-refractivity contribution is -0.139. The maximum absolute atomic E-state index is 14.7. The first-order valence-electron chi connectivity index (χ1n) is 19.6. The summed E-state index contributed by atoms with van der Waals surface area (Å²) >= 11 is 6.47. The third-order valence-electron chi connectivity index (χ3n) is 12.1. The first-order chi connectivity index (χ1) is 27.0. The molecule has 13 heteroatoms. The van der Waals surface area contributed by atoms with E-state index in [0.717, 1.165) is 94.7 Å². The van der Waals surface area contributed by atoms with Crippen molar-refractivity contribution in [1.29, 1.82) is 0 Å². The van der Waals surface area contributed by atoms with Crippen molar-refractivity contribution in [3.8, 4) is 28.1 Å². The van der Waals surface area contributed by atoms with E-state index in [0.29, 0.717) is 30.6 Å². The molecule has 1 aliphatic heterocycles. The normalized spacial score (nSPS) is 17.7. The monoisotopic (exact) mass is 796 g/mol. The molecule has 2 amide bonds. The number of rotatable bonds is 11. The number of methoxy groups -OCH3 is 1. The number of nitrogens with zero attached hydrogens (tertiary/aromatic N) is 5. The van der Waals surface area contributed by atoms with Gasteiger partial charge in [0.25, 0.3) is 5.91 Å². The number of fused-ring (bicyclic) bond motifs is 1. The molecule has 1 N–H and O–H groups in total. The molecule has 0 bridgehead atoms. The number of benzene rings is 3. The highest BCUT2D eigenvalue weighted by atomic mass is 35.5. The fourth-order valence-electron chi connectivity index (χ4n) is 8.75. The van der Waals surface area contributed by atoms with Gasteiger partial charge in [-0.1, -0.05) is 55.1 Å². The number of nitrogens with one attached hydrogen (secondary N) is 1. The van der Waals surface area contributed by atoms with Gasteiger partial charge in [-0.3, -0.25) is 14.3 Å². The summed E-state index contributed by atoms with van der Waals surface area (Å²) in [5, 5.41) is 6.42. The van der Waals surface area contributed by atoms with Crippen LogP contribution in [-0.2, 0) is 21.5 Å². The highest BCUT2D eigenvalue weighted by molar-refractivity contribution is 7.87. The van der Waals surface area contributed by atoms with Crippen LogP contribution in [0.1, 0.15) is 85.7 Å². The summed E-state index contributed by atoms with van der Waals surface area (Å²) in [7, 11) is 0.413. The van der Waals surface area contributed by atoms with Crippen molar-refractivity contribution in [3.63, 3.8) is 0 Å². The molecular weight excluding hydrogens is 748 g/mol. The van der Waals surface area contributed by atoms with Gasteiger partial charge in [0.1, 0.15) is 5.75 Å². The van der Waals surface area contributed by atoms with Crippen LogP contribution >= 0.6 is 11.6 Å². The second-order valence-corrected chi connectivity index (χ2v) is 18.1. The standard InChI is InChI=1S/C43H49ClN6O5S/c1-47(2)56(53,54)46-41(51)31-15-18-36-38(25-31)49(40(30-13-16-34(55-3)17-14-30)39(36)29-9-5-4-6-10-29)28-43(21-22-43)42(52)48-23-19-33(20-24-48)50-27-32(26-45-50)35-11-7-8-12-37(35)44/h7-8,11-18,25-27,29,33H,4-6,9-10,19-24,28H2,1-3H3,(H,46,51). The number of amides is 2. The van der Waals surface area contributed by atoms with Gasteiger partial charge in [0, 0.05) is 72.5 Å². The molecule has 2 saturated carbocycles. The van der Waals surface area contributed by atoms with Crippen LogP contribution in [0.15, 0.2) is 79.1 Å². The molecule has 3 fully saturated rings. The molecule has 3 heterocycles. The summed E-state index contributed by atoms with van der Waals surface area (Å²) in [5.41, 5.74) is 5.72. The van der Waals surface area contributed by atoms with Gasteiger partial charge in [-0.05, 0) is 98.0 Å². The summed E-state index contributed by atoms with van der Waals surface area (Å²) < 4.78 is 38.3. The minimum absolute atomic E-state index is 0.167. The molecule has 0 radical (unpaired) electrons. The Labute approximate surface area is 333 Å². The fraction of sp³-hybridized carbons (Fsp3) is 0.419. The molecular formula is C43H49ClN6O5S. The van der Waals surface area contributed by atoms with Crippen molar-refractivity contribution in [3.05, 3.63) is 95.3 Å². The van der Waals surface area contributed by atoms with Gasteiger partial charge in [0.2, 0.25) is 5.91 Å². The van der Waals surface area contributed by atoms with E-state index in [-0.39, 0.29) is 17.5 Å². The number of carbonyl (C=O) groups excluding carboxylic acids is 2. The van der Waals surface area contributed by atoms with E-state index in [2.05, 4.69) is 32.7 Å². The van der Waals surface area contributed by atoms with Crippen molar-refractivity contribution in [2.45, 2.75) is 76.3 Å². The first-order valence-corrected chi connectivity index (χ1v) is 21.4. The van der Waals surface area contributed by atoms with Crippen LogP contribution in [0, 0.1) is 5.41 Å². The van der Waals surface area contributed by atoms with Gasteiger partial charge in [-0.25, -0.2) is 4.72 Å². The minimum atomic E-state index is -4.00. The van der Waals surface area contributed by atoms with E-state index < -0.39 is 21.5 Å². The summed E-state index contributed by atoms with van der Waals surface area (Å²) in [6, 6.07) is 21.5. The number of ether oxygens (including phenoxy) is 1. The molecule has 3 aliphatic rings. The van der Waals surface area contributed by atoms with Gasteiger partial charge in [-0.15, -0.1) is 0 Å². The van der Waals surface area contributed by atoms with Gasteiger partial charge in [0.15, 0.2) is 0 Å². The van der Waals surface area contributed by atoms with Crippen LogP contribution in [0.2, 0.25) is 5.02 Å². The molecule has 0 unspecified atom stereocenters. The van der Waals surface area contributed by atoms with Crippen LogP contribution in [0.4, 0.5) is 0 Å². The average molecular weight is 797 g/mol. The Morgan fingerprint density at radius 1 is 0.946 bits per heavy atom. The molecule has 2 aromatic heterocycles. The number of hydrogen-bond donors (Lipinski definition) is 1. The van der Waals surface area contributed by atoms with Crippen molar-refractivity contribution in [2.75, 3.05) is 34.3 Å². The van der Waals surface area contributed by atoms with E-state index >= 15 is 0 Å². The Morgan fingerprint density at radius 2 is 1.66 bits per heavy atom. The summed E-state index contributed by atoms with van der Waals surface area (Å²) in [6.45, 7) is 1.74. The predicted octanol–water partition coefficient (Wildman–Crippen LogP) is 8.06. The lowest BCUT2D eigenvalue weighted by atomic mass is 9.81. The second-order valence-electron chi connectivity index (χ2n) is 15.9. The minimum Gasteiger partial charge on any atom is -0.497 e. The van der Waals surface area contributed by atoms with Crippen LogP contribution in [0.5, 0.6) is 5.75 Å². The summed E-state index contributed by atoms with van der Waals surface area (Å²) in [6.07, 6.45) is 12.7. The molecule has 294 valence electrons. The van der Waals surface area contributed by atoms with Gasteiger partial charge < -0.3 is 14.2 Å². The van der Waals surface area contributed by atoms with E-state index in [1.807, 2.05) is 64.3 Å².